The van der Waals surface area contributed by atoms with Crippen LogP contribution in [-0.4, -0.2) is 14.4 Å². The lowest BCUT2D eigenvalue weighted by molar-refractivity contribution is 1.31. The van der Waals surface area contributed by atoms with Gasteiger partial charge in [-0.1, -0.05) is 84.9 Å². The number of nitrogens with zero attached hydrogens (tertiary/aromatic N) is 3. The van der Waals surface area contributed by atoms with Crippen molar-refractivity contribution in [3.05, 3.63) is 127 Å². The largest absolute Gasteiger partial charge is 0.292 e. The third kappa shape index (κ3) is 3.17. The quantitative estimate of drug-likeness (QED) is 0.209. The molecule has 3 aromatic heterocycles. The molecule has 0 N–H and O–H groups in total. The second kappa shape index (κ2) is 8.22. The van der Waals surface area contributed by atoms with Crippen LogP contribution in [0.4, 0.5) is 0 Å². The van der Waals surface area contributed by atoms with E-state index in [1.54, 1.807) is 11.3 Å². The van der Waals surface area contributed by atoms with Crippen molar-refractivity contribution in [3.63, 3.8) is 0 Å². The van der Waals surface area contributed by atoms with E-state index in [0.29, 0.717) is 0 Å². The zero-order valence-electron chi connectivity index (χ0n) is 21.4. The molecule has 9 rings (SSSR count). The first-order valence-electron chi connectivity index (χ1n) is 13.4. The van der Waals surface area contributed by atoms with Crippen LogP contribution in [0.15, 0.2) is 127 Å². The van der Waals surface area contributed by atoms with E-state index in [9.17, 15) is 0 Å². The predicted octanol–water partition coefficient (Wildman–Crippen LogP) is 9.89. The zero-order chi connectivity index (χ0) is 26.2. The Morgan fingerprint density at radius 1 is 0.475 bits per heavy atom. The summed E-state index contributed by atoms with van der Waals surface area (Å²) in [7, 11) is 0. The molecule has 0 bridgehead atoms. The minimum Gasteiger partial charge on any atom is -0.292 e. The molecule has 40 heavy (non-hydrogen) atoms. The third-order valence-electron chi connectivity index (χ3n) is 7.97. The van der Waals surface area contributed by atoms with E-state index in [2.05, 4.69) is 126 Å². The molecular weight excluding hydrogens is 506 g/mol. The van der Waals surface area contributed by atoms with Gasteiger partial charge in [-0.2, -0.15) is 0 Å². The third-order valence-corrected chi connectivity index (χ3v) is 9.06. The van der Waals surface area contributed by atoms with Gasteiger partial charge in [0.15, 0.2) is 0 Å². The van der Waals surface area contributed by atoms with Gasteiger partial charge in [0.2, 0.25) is 0 Å². The monoisotopic (exact) mass is 527 g/mol. The topological polar surface area (TPSA) is 30.2 Å². The molecule has 0 saturated carbocycles. The minimum atomic E-state index is 1.00. The highest BCUT2D eigenvalue weighted by Gasteiger charge is 2.14. The molecule has 186 valence electrons. The number of para-hydroxylation sites is 3. The SMILES string of the molecule is c1ccc2sc(-c3ccc4cc(-c5ccc6c7ccccc7c7nc8ccccc8n7c6c5)ccc4c3)nc2c1. The van der Waals surface area contributed by atoms with Gasteiger partial charge in [-0.15, -0.1) is 11.3 Å². The zero-order valence-corrected chi connectivity index (χ0v) is 22.2. The van der Waals surface area contributed by atoms with E-state index in [0.717, 1.165) is 32.8 Å². The van der Waals surface area contributed by atoms with Crippen molar-refractivity contribution in [3.8, 4) is 21.7 Å². The first kappa shape index (κ1) is 21.8. The first-order chi connectivity index (χ1) is 19.8. The Balaban J connectivity index is 1.22. The molecule has 0 saturated heterocycles. The molecular formula is C36H21N3S. The van der Waals surface area contributed by atoms with Crippen molar-refractivity contribution < 1.29 is 0 Å². The van der Waals surface area contributed by atoms with Gasteiger partial charge >= 0.3 is 0 Å². The second-order valence-electron chi connectivity index (χ2n) is 10.3. The first-order valence-corrected chi connectivity index (χ1v) is 14.2. The Morgan fingerprint density at radius 3 is 2.02 bits per heavy atom. The molecule has 9 aromatic rings. The average molecular weight is 528 g/mol. The van der Waals surface area contributed by atoms with E-state index >= 15 is 0 Å². The predicted molar refractivity (Wildman–Crippen MR) is 169 cm³/mol. The molecule has 3 heterocycles. The van der Waals surface area contributed by atoms with Crippen LogP contribution in [0.2, 0.25) is 0 Å². The molecule has 0 fully saturated rings. The van der Waals surface area contributed by atoms with Crippen LogP contribution in [0.5, 0.6) is 0 Å². The maximum absolute atomic E-state index is 5.04. The summed E-state index contributed by atoms with van der Waals surface area (Å²) < 4.78 is 3.54. The molecule has 0 atom stereocenters. The molecule has 4 heteroatoms. The molecule has 0 aliphatic carbocycles. The van der Waals surface area contributed by atoms with E-state index in [-0.39, 0.29) is 0 Å². The van der Waals surface area contributed by atoms with E-state index in [1.165, 1.54) is 48.3 Å². The lowest BCUT2D eigenvalue weighted by Crippen LogP contribution is -1.92. The summed E-state index contributed by atoms with van der Waals surface area (Å²) in [5.41, 5.74) is 8.93. The Bertz CT molecular complexity index is 2410. The van der Waals surface area contributed by atoms with Crippen LogP contribution in [-0.2, 0) is 0 Å². The number of aromatic nitrogens is 3. The average Bonchev–Trinajstić information content (AvgIpc) is 3.63. The van der Waals surface area contributed by atoms with Crippen molar-refractivity contribution >= 4 is 70.7 Å². The number of pyridine rings is 1. The van der Waals surface area contributed by atoms with E-state index in [4.69, 9.17) is 9.97 Å². The van der Waals surface area contributed by atoms with Crippen molar-refractivity contribution in [1.82, 2.24) is 14.4 Å². The highest BCUT2D eigenvalue weighted by atomic mass is 32.1. The van der Waals surface area contributed by atoms with Crippen LogP contribution in [0, 0.1) is 0 Å². The van der Waals surface area contributed by atoms with Crippen LogP contribution in [0.3, 0.4) is 0 Å². The summed E-state index contributed by atoms with van der Waals surface area (Å²) in [5.74, 6) is 0. The number of benzene rings is 6. The van der Waals surface area contributed by atoms with Crippen molar-refractivity contribution in [2.45, 2.75) is 0 Å². The van der Waals surface area contributed by atoms with Gasteiger partial charge < -0.3 is 0 Å². The van der Waals surface area contributed by atoms with Gasteiger partial charge in [0.05, 0.1) is 26.8 Å². The van der Waals surface area contributed by atoms with Crippen LogP contribution < -0.4 is 0 Å². The summed E-state index contributed by atoms with van der Waals surface area (Å²) in [5, 5.41) is 7.14. The summed E-state index contributed by atoms with van der Waals surface area (Å²) >= 11 is 1.74. The summed E-state index contributed by atoms with van der Waals surface area (Å²) in [6, 6.07) is 45.6. The lowest BCUT2D eigenvalue weighted by Gasteiger charge is -2.12. The number of fused-ring (bicyclic) bond motifs is 10. The van der Waals surface area contributed by atoms with Gasteiger partial charge in [0, 0.05) is 16.3 Å². The minimum absolute atomic E-state index is 1.00. The molecule has 0 spiro atoms. The molecule has 0 radical (unpaired) electrons. The normalized spacial score (nSPS) is 12.0. The fraction of sp³-hybridized carbons (Fsp3) is 0. The molecule has 0 aliphatic rings. The molecule has 6 aromatic carbocycles. The van der Waals surface area contributed by atoms with Gasteiger partial charge in [-0.25, -0.2) is 9.97 Å². The molecule has 0 amide bonds. The van der Waals surface area contributed by atoms with E-state index in [1.807, 2.05) is 6.07 Å². The summed E-state index contributed by atoms with van der Waals surface area (Å²) in [4.78, 5) is 9.90. The molecule has 0 aliphatic heterocycles. The van der Waals surface area contributed by atoms with Crippen LogP contribution >= 0.6 is 11.3 Å². The number of hydrogen-bond donors (Lipinski definition) is 0. The van der Waals surface area contributed by atoms with E-state index < -0.39 is 0 Å². The fourth-order valence-electron chi connectivity index (χ4n) is 6.04. The maximum Gasteiger partial charge on any atom is 0.146 e. The Morgan fingerprint density at radius 2 is 1.15 bits per heavy atom. The number of thiazole rings is 1. The Hall–Kier alpha value is -5.06. The second-order valence-corrected chi connectivity index (χ2v) is 11.3. The molecule has 3 nitrogen and oxygen atoms in total. The van der Waals surface area contributed by atoms with Gasteiger partial charge in [-0.3, -0.25) is 4.40 Å². The highest BCUT2D eigenvalue weighted by molar-refractivity contribution is 7.21. The van der Waals surface area contributed by atoms with Crippen LogP contribution in [0.1, 0.15) is 0 Å². The van der Waals surface area contributed by atoms with Gasteiger partial charge in [0.1, 0.15) is 10.7 Å². The fourth-order valence-corrected chi connectivity index (χ4v) is 7.00. The summed E-state index contributed by atoms with van der Waals surface area (Å²) in [6.45, 7) is 0. The standard InChI is InChI=1S/C36H21N3S/c1-2-8-29-27(7-1)28-18-17-25(21-33(28)39-32-11-5-3-9-30(32)37-35(29)39)23-13-14-24-20-26(16-15-22(24)19-23)36-38-31-10-4-6-12-34(31)40-36/h1-21H. The number of hydrogen-bond acceptors (Lipinski definition) is 3. The van der Waals surface area contributed by atoms with Crippen molar-refractivity contribution in [2.24, 2.45) is 0 Å². The van der Waals surface area contributed by atoms with Crippen molar-refractivity contribution in [1.29, 1.82) is 0 Å². The number of rotatable bonds is 2. The Kier molecular flexibility index (Phi) is 4.48. The molecule has 0 unspecified atom stereocenters. The lowest BCUT2D eigenvalue weighted by atomic mass is 9.97. The van der Waals surface area contributed by atoms with Gasteiger partial charge in [0.25, 0.3) is 0 Å². The highest BCUT2D eigenvalue weighted by Crippen LogP contribution is 2.36. The summed E-state index contributed by atoms with van der Waals surface area (Å²) in [6.07, 6.45) is 0. The van der Waals surface area contributed by atoms with Crippen LogP contribution in [0.25, 0.3) is 81.0 Å². The number of imidazole rings is 1. The van der Waals surface area contributed by atoms with Gasteiger partial charge in [-0.05, 0) is 69.8 Å². The van der Waals surface area contributed by atoms with Crippen molar-refractivity contribution in [2.75, 3.05) is 0 Å². The smallest absolute Gasteiger partial charge is 0.146 e. The Labute approximate surface area is 233 Å². The maximum atomic E-state index is 5.04.